The number of hydrogen-bond donors (Lipinski definition) is 1. The Morgan fingerprint density at radius 1 is 1.10 bits per heavy atom. The number of hydrogen-bond acceptors (Lipinski definition) is 4. The molecule has 1 fully saturated rings. The Labute approximate surface area is 167 Å². The van der Waals surface area contributed by atoms with E-state index in [0.717, 1.165) is 48.1 Å². The van der Waals surface area contributed by atoms with Gasteiger partial charge in [0.2, 0.25) is 0 Å². The molecule has 2 aliphatic rings. The summed E-state index contributed by atoms with van der Waals surface area (Å²) in [6.07, 6.45) is 7.18. The summed E-state index contributed by atoms with van der Waals surface area (Å²) in [4.78, 5) is 26.3. The summed E-state index contributed by atoms with van der Waals surface area (Å²) < 4.78 is 2.12. The highest BCUT2D eigenvalue weighted by Crippen LogP contribution is 2.44. The molecule has 1 unspecified atom stereocenters. The van der Waals surface area contributed by atoms with Crippen LogP contribution in [0.15, 0.2) is 55.0 Å². The largest absolute Gasteiger partial charge is 0.341 e. The van der Waals surface area contributed by atoms with Gasteiger partial charge >= 0.3 is 0 Å². The van der Waals surface area contributed by atoms with Crippen LogP contribution in [0.2, 0.25) is 0 Å². The third kappa shape index (κ3) is 2.50. The molecule has 0 aliphatic carbocycles. The lowest BCUT2D eigenvalue weighted by atomic mass is 9.82. The summed E-state index contributed by atoms with van der Waals surface area (Å²) in [7, 11) is 0. The Bertz CT molecular complexity index is 1230. The summed E-state index contributed by atoms with van der Waals surface area (Å²) >= 11 is 0. The van der Waals surface area contributed by atoms with E-state index in [1.807, 2.05) is 29.3 Å². The smallest absolute Gasteiger partial charge is 0.289 e. The predicted molar refractivity (Wildman–Crippen MR) is 108 cm³/mol. The Hall–Kier alpha value is -3.48. The first kappa shape index (κ1) is 16.5. The van der Waals surface area contributed by atoms with Crippen molar-refractivity contribution in [3.8, 4) is 11.3 Å². The van der Waals surface area contributed by atoms with Crippen molar-refractivity contribution in [2.45, 2.75) is 24.8 Å². The van der Waals surface area contributed by atoms with Gasteiger partial charge in [-0.05, 0) is 31.0 Å². The fourth-order valence-electron chi connectivity index (χ4n) is 4.81. The molecule has 1 atom stereocenters. The zero-order valence-electron chi connectivity index (χ0n) is 15.9. The SMILES string of the molecule is O=C(c1ncc[nH]1)N1CCC2(CCn3nc(-c4cnc5ccccc5c4)cc32)C1. The summed E-state index contributed by atoms with van der Waals surface area (Å²) in [6, 6.07) is 12.5. The van der Waals surface area contributed by atoms with Crippen molar-refractivity contribution < 1.29 is 4.79 Å². The predicted octanol–water partition coefficient (Wildman–Crippen LogP) is 3.01. The van der Waals surface area contributed by atoms with E-state index in [2.05, 4.69) is 37.8 Å². The number of amides is 1. The number of carbonyl (C=O) groups excluding carboxylic acids is 1. The van der Waals surface area contributed by atoms with Crippen molar-refractivity contribution >= 4 is 16.8 Å². The Morgan fingerprint density at radius 3 is 2.90 bits per heavy atom. The molecule has 144 valence electrons. The van der Waals surface area contributed by atoms with E-state index in [9.17, 15) is 4.79 Å². The number of benzene rings is 1. The number of carbonyl (C=O) groups is 1. The van der Waals surface area contributed by atoms with E-state index in [4.69, 9.17) is 5.10 Å². The van der Waals surface area contributed by atoms with Gasteiger partial charge in [0.15, 0.2) is 5.82 Å². The molecule has 1 spiro atoms. The minimum atomic E-state index is -0.0243. The molecule has 6 rings (SSSR count). The number of aryl methyl sites for hydroxylation is 1. The molecule has 7 nitrogen and oxygen atoms in total. The number of nitrogens with zero attached hydrogens (tertiary/aromatic N) is 5. The third-order valence-electron chi connectivity index (χ3n) is 6.35. The number of imidazole rings is 1. The van der Waals surface area contributed by atoms with Crippen LogP contribution in [-0.4, -0.2) is 48.6 Å². The van der Waals surface area contributed by atoms with E-state index in [-0.39, 0.29) is 11.3 Å². The number of para-hydroxylation sites is 1. The molecule has 0 saturated carbocycles. The van der Waals surface area contributed by atoms with Gasteiger partial charge < -0.3 is 9.88 Å². The first-order valence-corrected chi connectivity index (χ1v) is 9.94. The zero-order valence-corrected chi connectivity index (χ0v) is 15.9. The second-order valence-corrected chi connectivity index (χ2v) is 8.00. The van der Waals surface area contributed by atoms with Crippen LogP contribution >= 0.6 is 0 Å². The lowest BCUT2D eigenvalue weighted by molar-refractivity contribution is 0.0772. The molecule has 7 heteroatoms. The van der Waals surface area contributed by atoms with Crippen LogP contribution in [0.5, 0.6) is 0 Å². The first-order valence-electron chi connectivity index (χ1n) is 9.94. The molecule has 1 saturated heterocycles. The number of H-pyrrole nitrogens is 1. The molecule has 5 heterocycles. The molecule has 4 aromatic rings. The molecular weight excluding hydrogens is 364 g/mol. The highest BCUT2D eigenvalue weighted by molar-refractivity contribution is 5.90. The second-order valence-electron chi connectivity index (χ2n) is 8.00. The van der Waals surface area contributed by atoms with Crippen LogP contribution in [0.3, 0.4) is 0 Å². The fraction of sp³-hybridized carbons (Fsp3) is 0.273. The zero-order chi connectivity index (χ0) is 19.4. The molecule has 3 aromatic heterocycles. The van der Waals surface area contributed by atoms with Crippen LogP contribution in [0.4, 0.5) is 0 Å². The van der Waals surface area contributed by atoms with Crippen LogP contribution < -0.4 is 0 Å². The molecular formula is C22H20N6O. The quantitative estimate of drug-likeness (QED) is 0.576. The third-order valence-corrected chi connectivity index (χ3v) is 6.35. The highest BCUT2D eigenvalue weighted by Gasteiger charge is 2.47. The molecule has 0 bridgehead atoms. The molecule has 0 radical (unpaired) electrons. The number of aromatic amines is 1. The van der Waals surface area contributed by atoms with Crippen molar-refractivity contribution in [3.63, 3.8) is 0 Å². The van der Waals surface area contributed by atoms with Gasteiger partial charge in [0.1, 0.15) is 0 Å². The average molecular weight is 384 g/mol. The van der Waals surface area contributed by atoms with E-state index < -0.39 is 0 Å². The molecule has 1 N–H and O–H groups in total. The Kier molecular flexibility index (Phi) is 3.41. The number of pyridine rings is 1. The standard InChI is InChI=1S/C22H20N6O/c29-21(20-23-7-8-24-20)27-9-5-22(14-27)6-10-28-19(22)12-18(26-28)16-11-15-3-1-2-4-17(15)25-13-16/h1-4,7-8,11-13H,5-6,9-10,14H2,(H,23,24). The summed E-state index contributed by atoms with van der Waals surface area (Å²) in [5, 5.41) is 5.98. The lowest BCUT2D eigenvalue weighted by Crippen LogP contribution is -2.33. The molecule has 1 amide bonds. The van der Waals surface area contributed by atoms with Gasteiger partial charge in [-0.1, -0.05) is 18.2 Å². The van der Waals surface area contributed by atoms with Crippen molar-refractivity contribution in [3.05, 3.63) is 66.5 Å². The topological polar surface area (TPSA) is 79.7 Å². The van der Waals surface area contributed by atoms with Crippen LogP contribution in [0, 0.1) is 0 Å². The second kappa shape index (κ2) is 6.01. The number of likely N-dealkylation sites (tertiary alicyclic amines) is 1. The fourth-order valence-corrected chi connectivity index (χ4v) is 4.81. The minimum absolute atomic E-state index is 0.0161. The van der Waals surface area contributed by atoms with Crippen molar-refractivity contribution in [2.24, 2.45) is 0 Å². The highest BCUT2D eigenvalue weighted by atomic mass is 16.2. The number of aromatic nitrogens is 5. The van der Waals surface area contributed by atoms with Gasteiger partial charge in [0.25, 0.3) is 5.91 Å². The van der Waals surface area contributed by atoms with Gasteiger partial charge in [-0.3, -0.25) is 14.5 Å². The lowest BCUT2D eigenvalue weighted by Gasteiger charge is -2.23. The summed E-state index contributed by atoms with van der Waals surface area (Å²) in [5.41, 5.74) is 4.19. The van der Waals surface area contributed by atoms with E-state index in [0.29, 0.717) is 12.4 Å². The van der Waals surface area contributed by atoms with E-state index in [1.54, 1.807) is 12.4 Å². The summed E-state index contributed by atoms with van der Waals surface area (Å²) in [6.45, 7) is 2.35. The number of fused-ring (bicyclic) bond motifs is 3. The minimum Gasteiger partial charge on any atom is -0.341 e. The number of rotatable bonds is 2. The maximum absolute atomic E-state index is 12.7. The first-order chi connectivity index (χ1) is 14.2. The van der Waals surface area contributed by atoms with E-state index in [1.165, 1.54) is 5.69 Å². The van der Waals surface area contributed by atoms with Gasteiger partial charge in [0, 0.05) is 60.3 Å². The van der Waals surface area contributed by atoms with Crippen molar-refractivity contribution in [2.75, 3.05) is 13.1 Å². The maximum Gasteiger partial charge on any atom is 0.289 e. The Balaban J connectivity index is 1.32. The van der Waals surface area contributed by atoms with E-state index >= 15 is 0 Å². The normalized spacial score (nSPS) is 20.6. The molecule has 29 heavy (non-hydrogen) atoms. The molecule has 1 aromatic carbocycles. The van der Waals surface area contributed by atoms with Crippen LogP contribution in [0.25, 0.3) is 22.2 Å². The Morgan fingerprint density at radius 2 is 2.00 bits per heavy atom. The van der Waals surface area contributed by atoms with Gasteiger partial charge in [-0.25, -0.2) is 4.98 Å². The monoisotopic (exact) mass is 384 g/mol. The molecule has 2 aliphatic heterocycles. The van der Waals surface area contributed by atoms with Gasteiger partial charge in [-0.2, -0.15) is 5.10 Å². The summed E-state index contributed by atoms with van der Waals surface area (Å²) in [5.74, 6) is 0.389. The average Bonchev–Trinajstić information content (AvgIpc) is 3.54. The van der Waals surface area contributed by atoms with Crippen LogP contribution in [0.1, 0.15) is 29.2 Å². The maximum atomic E-state index is 12.7. The van der Waals surface area contributed by atoms with Crippen molar-refractivity contribution in [1.29, 1.82) is 0 Å². The van der Waals surface area contributed by atoms with Crippen molar-refractivity contribution in [1.82, 2.24) is 29.6 Å². The number of nitrogens with one attached hydrogen (secondary N) is 1. The van der Waals surface area contributed by atoms with Gasteiger partial charge in [0.05, 0.1) is 11.2 Å². The van der Waals surface area contributed by atoms with Crippen LogP contribution in [-0.2, 0) is 12.0 Å². The van der Waals surface area contributed by atoms with Gasteiger partial charge in [-0.15, -0.1) is 0 Å².